The van der Waals surface area contributed by atoms with E-state index in [9.17, 15) is 4.79 Å². The van der Waals surface area contributed by atoms with E-state index in [0.29, 0.717) is 24.5 Å². The summed E-state index contributed by atoms with van der Waals surface area (Å²) in [7, 11) is 0. The number of hydrogen-bond acceptors (Lipinski definition) is 3. The van der Waals surface area contributed by atoms with Crippen molar-refractivity contribution in [3.63, 3.8) is 0 Å². The molecule has 0 atom stereocenters. The predicted molar refractivity (Wildman–Crippen MR) is 113 cm³/mol. The number of rotatable bonds is 9. The first-order chi connectivity index (χ1) is 13.6. The molecule has 28 heavy (non-hydrogen) atoms. The van der Waals surface area contributed by atoms with Crippen LogP contribution in [0.1, 0.15) is 24.0 Å². The van der Waals surface area contributed by atoms with E-state index in [4.69, 9.17) is 21.4 Å². The van der Waals surface area contributed by atoms with Crippen LogP contribution < -0.4 is 4.74 Å². The van der Waals surface area contributed by atoms with Crippen molar-refractivity contribution >= 4 is 29.3 Å². The summed E-state index contributed by atoms with van der Waals surface area (Å²) < 4.78 is 5.89. The summed E-state index contributed by atoms with van der Waals surface area (Å²) in [6.07, 6.45) is 1.41. The molecule has 0 amide bonds. The Bertz CT molecular complexity index is 928. The van der Waals surface area contributed by atoms with Crippen LogP contribution >= 0.6 is 23.4 Å². The highest BCUT2D eigenvalue weighted by molar-refractivity contribution is 7.99. The molecule has 0 aliphatic carbocycles. The lowest BCUT2D eigenvalue weighted by Gasteiger charge is -2.09. The Hall–Kier alpha value is -2.43. The highest BCUT2D eigenvalue weighted by Crippen LogP contribution is 2.33. The molecule has 0 saturated heterocycles. The van der Waals surface area contributed by atoms with Gasteiger partial charge in [0.2, 0.25) is 0 Å². The number of carboxylic acid groups (broad SMARTS) is 1. The fourth-order valence-electron chi connectivity index (χ4n) is 2.73. The summed E-state index contributed by atoms with van der Waals surface area (Å²) in [6, 6.07) is 24.0. The molecule has 3 aromatic rings. The standard InChI is InChI=1S/C23H21ClO3S/c24-22-15-21(13-12-18(22)8-4-11-23(25)26)28-20-10-5-9-19(14-20)27-16-17-6-2-1-3-7-17/h1-3,5-7,9-10,12-15H,4,8,11,16H2,(H,25,26). The lowest BCUT2D eigenvalue weighted by molar-refractivity contribution is -0.137. The molecule has 0 fully saturated rings. The molecule has 5 heteroatoms. The van der Waals surface area contributed by atoms with Gasteiger partial charge in [0.25, 0.3) is 0 Å². The van der Waals surface area contributed by atoms with E-state index >= 15 is 0 Å². The average Bonchev–Trinajstić information content (AvgIpc) is 2.69. The number of benzene rings is 3. The Labute approximate surface area is 174 Å². The van der Waals surface area contributed by atoms with Crippen molar-refractivity contribution in [2.75, 3.05) is 0 Å². The molecule has 1 N–H and O–H groups in total. The van der Waals surface area contributed by atoms with Crippen molar-refractivity contribution in [2.45, 2.75) is 35.7 Å². The Balaban J connectivity index is 1.60. The van der Waals surface area contributed by atoms with E-state index in [-0.39, 0.29) is 6.42 Å². The van der Waals surface area contributed by atoms with Gasteiger partial charge in [-0.2, -0.15) is 0 Å². The van der Waals surface area contributed by atoms with Crippen LogP contribution in [0.5, 0.6) is 5.75 Å². The van der Waals surface area contributed by atoms with Gasteiger partial charge in [0.15, 0.2) is 0 Å². The van der Waals surface area contributed by atoms with Gasteiger partial charge in [-0.1, -0.05) is 65.8 Å². The van der Waals surface area contributed by atoms with Crippen LogP contribution in [0.25, 0.3) is 0 Å². The van der Waals surface area contributed by atoms with Gasteiger partial charge in [0, 0.05) is 21.2 Å². The molecule has 3 aromatic carbocycles. The van der Waals surface area contributed by atoms with Gasteiger partial charge in [-0.05, 0) is 54.3 Å². The number of ether oxygens (including phenoxy) is 1. The van der Waals surface area contributed by atoms with Gasteiger partial charge < -0.3 is 9.84 Å². The lowest BCUT2D eigenvalue weighted by Crippen LogP contribution is -1.96. The van der Waals surface area contributed by atoms with E-state index in [0.717, 1.165) is 26.7 Å². The van der Waals surface area contributed by atoms with Gasteiger partial charge in [0.1, 0.15) is 12.4 Å². The summed E-state index contributed by atoms with van der Waals surface area (Å²) in [4.78, 5) is 12.7. The Morgan fingerprint density at radius 1 is 0.964 bits per heavy atom. The highest BCUT2D eigenvalue weighted by atomic mass is 35.5. The summed E-state index contributed by atoms with van der Waals surface area (Å²) >= 11 is 7.99. The van der Waals surface area contributed by atoms with Crippen molar-refractivity contribution in [1.29, 1.82) is 0 Å². The van der Waals surface area contributed by atoms with Gasteiger partial charge in [-0.3, -0.25) is 4.79 Å². The smallest absolute Gasteiger partial charge is 0.303 e. The lowest BCUT2D eigenvalue weighted by atomic mass is 10.1. The first-order valence-electron chi connectivity index (χ1n) is 9.05. The number of aliphatic carboxylic acids is 1. The minimum atomic E-state index is -0.780. The number of hydrogen-bond donors (Lipinski definition) is 1. The quantitative estimate of drug-likeness (QED) is 0.437. The molecule has 0 spiro atoms. The Morgan fingerprint density at radius 2 is 1.75 bits per heavy atom. The molecule has 0 aliphatic rings. The topological polar surface area (TPSA) is 46.5 Å². The van der Waals surface area contributed by atoms with E-state index in [1.54, 1.807) is 11.8 Å². The maximum absolute atomic E-state index is 10.6. The second-order valence-corrected chi connectivity index (χ2v) is 7.91. The zero-order valence-electron chi connectivity index (χ0n) is 15.3. The van der Waals surface area contributed by atoms with Gasteiger partial charge in [-0.15, -0.1) is 0 Å². The summed E-state index contributed by atoms with van der Waals surface area (Å²) in [5.41, 5.74) is 2.11. The fraction of sp³-hybridized carbons (Fsp3) is 0.174. The first kappa shape index (κ1) is 20.3. The van der Waals surface area contributed by atoms with Crippen molar-refractivity contribution in [2.24, 2.45) is 0 Å². The van der Waals surface area contributed by atoms with Crippen molar-refractivity contribution in [3.8, 4) is 5.75 Å². The van der Waals surface area contributed by atoms with Gasteiger partial charge >= 0.3 is 5.97 Å². The van der Waals surface area contributed by atoms with Crippen LogP contribution in [0.3, 0.4) is 0 Å². The van der Waals surface area contributed by atoms with Crippen LogP contribution in [0.2, 0.25) is 5.02 Å². The van der Waals surface area contributed by atoms with Crippen molar-refractivity contribution in [3.05, 3.63) is 88.9 Å². The molecule has 0 saturated carbocycles. The molecular weight excluding hydrogens is 392 g/mol. The van der Waals surface area contributed by atoms with Crippen molar-refractivity contribution < 1.29 is 14.6 Å². The van der Waals surface area contributed by atoms with Crippen LogP contribution in [-0.2, 0) is 17.8 Å². The zero-order chi connectivity index (χ0) is 19.8. The van der Waals surface area contributed by atoms with E-state index in [1.807, 2.05) is 72.8 Å². The summed E-state index contributed by atoms with van der Waals surface area (Å²) in [5.74, 6) is 0.0444. The molecular formula is C23H21ClO3S. The maximum Gasteiger partial charge on any atom is 0.303 e. The molecule has 3 nitrogen and oxygen atoms in total. The average molecular weight is 413 g/mol. The third-order valence-corrected chi connectivity index (χ3v) is 5.48. The van der Waals surface area contributed by atoms with Crippen LogP contribution in [0.15, 0.2) is 82.6 Å². The van der Waals surface area contributed by atoms with E-state index in [1.165, 1.54) is 0 Å². The highest BCUT2D eigenvalue weighted by Gasteiger charge is 2.06. The second-order valence-electron chi connectivity index (χ2n) is 6.35. The molecule has 3 rings (SSSR count). The molecule has 0 radical (unpaired) electrons. The van der Waals surface area contributed by atoms with Crippen LogP contribution in [-0.4, -0.2) is 11.1 Å². The normalized spacial score (nSPS) is 10.6. The Morgan fingerprint density at radius 3 is 2.50 bits per heavy atom. The molecule has 0 aliphatic heterocycles. The minimum absolute atomic E-state index is 0.155. The summed E-state index contributed by atoms with van der Waals surface area (Å²) in [5, 5.41) is 9.42. The maximum atomic E-state index is 10.6. The second kappa shape index (κ2) is 10.2. The Kier molecular flexibility index (Phi) is 7.40. The van der Waals surface area contributed by atoms with Gasteiger partial charge in [-0.25, -0.2) is 0 Å². The number of carboxylic acids is 1. The third kappa shape index (κ3) is 6.32. The number of carbonyl (C=O) groups is 1. The number of halogens is 1. The molecule has 0 aromatic heterocycles. The first-order valence-corrected chi connectivity index (χ1v) is 10.2. The van der Waals surface area contributed by atoms with Gasteiger partial charge in [0.05, 0.1) is 0 Å². The largest absolute Gasteiger partial charge is 0.489 e. The minimum Gasteiger partial charge on any atom is -0.489 e. The van der Waals surface area contributed by atoms with Crippen LogP contribution in [0, 0.1) is 0 Å². The molecule has 144 valence electrons. The monoisotopic (exact) mass is 412 g/mol. The SMILES string of the molecule is O=C(O)CCCc1ccc(Sc2cccc(OCc3ccccc3)c2)cc1Cl. The fourth-order valence-corrected chi connectivity index (χ4v) is 3.98. The molecule has 0 bridgehead atoms. The molecule has 0 unspecified atom stereocenters. The third-order valence-electron chi connectivity index (χ3n) is 4.15. The predicted octanol–water partition coefficient (Wildman–Crippen LogP) is 6.48. The van der Waals surface area contributed by atoms with Crippen LogP contribution in [0.4, 0.5) is 0 Å². The summed E-state index contributed by atoms with van der Waals surface area (Å²) in [6.45, 7) is 0.534. The number of aryl methyl sites for hydroxylation is 1. The van der Waals surface area contributed by atoms with Crippen molar-refractivity contribution in [1.82, 2.24) is 0 Å². The molecule has 0 heterocycles. The van der Waals surface area contributed by atoms with E-state index in [2.05, 4.69) is 0 Å². The van der Waals surface area contributed by atoms with E-state index < -0.39 is 5.97 Å². The zero-order valence-corrected chi connectivity index (χ0v) is 16.9.